The van der Waals surface area contributed by atoms with Gasteiger partial charge in [0, 0.05) is 59.1 Å². The van der Waals surface area contributed by atoms with E-state index in [1.165, 1.54) is 92.2 Å². The SMILES string of the molecule is c1ccc(-n2c3ccccc3c3cc4sc5ccc6c(c5c4cc32)N2B(c3ccccc3-c3ccccc32)c2ccccc2-6)cc1. The molecule has 0 saturated carbocycles. The van der Waals surface area contributed by atoms with Gasteiger partial charge in [-0.15, -0.1) is 11.3 Å². The maximum absolute atomic E-state index is 2.65. The summed E-state index contributed by atoms with van der Waals surface area (Å²) in [6, 6.07) is 56.3. The minimum atomic E-state index is 0.0925. The molecular formula is C42H25BN2S. The van der Waals surface area contributed by atoms with E-state index in [0.29, 0.717) is 0 Å². The number of para-hydroxylation sites is 3. The van der Waals surface area contributed by atoms with Gasteiger partial charge in [0.1, 0.15) is 0 Å². The van der Waals surface area contributed by atoms with E-state index in [4.69, 9.17) is 0 Å². The second kappa shape index (κ2) is 9.00. The van der Waals surface area contributed by atoms with Crippen LogP contribution < -0.4 is 15.7 Å². The van der Waals surface area contributed by atoms with Crippen LogP contribution in [0.1, 0.15) is 0 Å². The van der Waals surface area contributed by atoms with E-state index in [1.807, 2.05) is 11.3 Å². The fourth-order valence-electron chi connectivity index (χ4n) is 8.34. The van der Waals surface area contributed by atoms with Crippen molar-refractivity contribution in [3.05, 3.63) is 152 Å². The molecule has 2 aliphatic heterocycles. The molecule has 0 unspecified atom stereocenters. The molecule has 0 bridgehead atoms. The second-order valence-corrected chi connectivity index (χ2v) is 13.5. The van der Waals surface area contributed by atoms with Gasteiger partial charge in [-0.05, 0) is 64.5 Å². The minimum absolute atomic E-state index is 0.0925. The molecule has 11 rings (SSSR count). The van der Waals surface area contributed by atoms with E-state index in [2.05, 4.69) is 161 Å². The Morgan fingerprint density at radius 3 is 1.96 bits per heavy atom. The number of anilines is 2. The van der Waals surface area contributed by atoms with Crippen molar-refractivity contribution in [1.82, 2.24) is 4.57 Å². The molecule has 0 aliphatic carbocycles. The lowest BCUT2D eigenvalue weighted by Crippen LogP contribution is -2.59. The normalized spacial score (nSPS) is 13.1. The maximum Gasteiger partial charge on any atom is 0.329 e. The van der Waals surface area contributed by atoms with Gasteiger partial charge in [-0.25, -0.2) is 0 Å². The summed E-state index contributed by atoms with van der Waals surface area (Å²) in [6.45, 7) is 0.0925. The Bertz CT molecular complexity index is 2720. The second-order valence-electron chi connectivity index (χ2n) is 12.5. The Morgan fingerprint density at radius 1 is 0.457 bits per heavy atom. The summed E-state index contributed by atoms with van der Waals surface area (Å²) in [6.07, 6.45) is 0. The number of thiophene rings is 1. The molecule has 212 valence electrons. The highest BCUT2D eigenvalue weighted by atomic mass is 32.1. The Balaban J connectivity index is 1.31. The van der Waals surface area contributed by atoms with Crippen LogP contribution >= 0.6 is 11.3 Å². The molecule has 2 aliphatic rings. The summed E-state index contributed by atoms with van der Waals surface area (Å²) in [5.41, 5.74) is 14.2. The Hall–Kier alpha value is -5.58. The Labute approximate surface area is 270 Å². The first-order valence-electron chi connectivity index (χ1n) is 15.9. The zero-order valence-electron chi connectivity index (χ0n) is 24.8. The van der Waals surface area contributed by atoms with Crippen molar-refractivity contribution < 1.29 is 0 Å². The summed E-state index contributed by atoms with van der Waals surface area (Å²) in [5.74, 6) is 0. The number of rotatable bonds is 1. The van der Waals surface area contributed by atoms with Crippen LogP contribution in [0.2, 0.25) is 0 Å². The van der Waals surface area contributed by atoms with Crippen LogP contribution in [0.5, 0.6) is 0 Å². The lowest BCUT2D eigenvalue weighted by atomic mass is 9.43. The number of aromatic nitrogens is 1. The van der Waals surface area contributed by atoms with Crippen LogP contribution in [0, 0.1) is 0 Å². The third-order valence-corrected chi connectivity index (χ3v) is 11.3. The fraction of sp³-hybridized carbons (Fsp3) is 0. The lowest BCUT2D eigenvalue weighted by Gasteiger charge is -2.43. The third-order valence-electron chi connectivity index (χ3n) is 10.2. The summed E-state index contributed by atoms with van der Waals surface area (Å²) >= 11 is 1.91. The van der Waals surface area contributed by atoms with Crippen LogP contribution in [-0.4, -0.2) is 11.4 Å². The highest BCUT2D eigenvalue weighted by Gasteiger charge is 2.43. The average Bonchev–Trinajstić information content (AvgIpc) is 3.65. The topological polar surface area (TPSA) is 8.17 Å². The molecule has 0 atom stereocenters. The van der Waals surface area contributed by atoms with Crippen LogP contribution in [0.4, 0.5) is 11.4 Å². The molecule has 46 heavy (non-hydrogen) atoms. The molecule has 0 spiro atoms. The minimum Gasteiger partial charge on any atom is -0.375 e. The van der Waals surface area contributed by atoms with Gasteiger partial charge < -0.3 is 9.38 Å². The predicted molar refractivity (Wildman–Crippen MR) is 198 cm³/mol. The van der Waals surface area contributed by atoms with E-state index in [1.54, 1.807) is 0 Å². The standard InChI is InChI=1S/C42H25BN2S/c1-2-12-26(13-3-1)44-36-20-10-6-17-30(36)32-25-40-33(24-38(32)44)41-39(46-40)23-22-31-28-15-5-9-19-35(28)43-34-18-8-4-14-27(34)29-16-7-11-21-37(29)45(43)42(31)41/h1-25H. The van der Waals surface area contributed by atoms with Crippen molar-refractivity contribution >= 4 is 82.5 Å². The molecular weight excluding hydrogens is 575 g/mol. The molecule has 0 fully saturated rings. The monoisotopic (exact) mass is 600 g/mol. The molecule has 0 saturated heterocycles. The van der Waals surface area contributed by atoms with Gasteiger partial charge >= 0.3 is 6.85 Å². The molecule has 4 heteroatoms. The maximum atomic E-state index is 2.65. The van der Waals surface area contributed by atoms with Gasteiger partial charge in [-0.3, -0.25) is 0 Å². The van der Waals surface area contributed by atoms with E-state index in [-0.39, 0.29) is 6.85 Å². The van der Waals surface area contributed by atoms with Crippen LogP contribution in [0.25, 0.3) is 69.9 Å². The van der Waals surface area contributed by atoms with Crippen LogP contribution in [-0.2, 0) is 0 Å². The van der Waals surface area contributed by atoms with Crippen molar-refractivity contribution in [2.75, 3.05) is 4.81 Å². The predicted octanol–water partition coefficient (Wildman–Crippen LogP) is 10.1. The molecule has 0 amide bonds. The molecule has 0 N–H and O–H groups in total. The van der Waals surface area contributed by atoms with Gasteiger partial charge in [0.25, 0.3) is 0 Å². The van der Waals surface area contributed by atoms with E-state index in [0.717, 1.165) is 0 Å². The first-order chi connectivity index (χ1) is 22.8. The Morgan fingerprint density at radius 2 is 1.13 bits per heavy atom. The van der Waals surface area contributed by atoms with E-state index in [9.17, 15) is 0 Å². The van der Waals surface area contributed by atoms with Gasteiger partial charge in [-0.1, -0.05) is 109 Å². The van der Waals surface area contributed by atoms with Crippen molar-refractivity contribution in [3.63, 3.8) is 0 Å². The van der Waals surface area contributed by atoms with Gasteiger partial charge in [0.15, 0.2) is 0 Å². The number of benzene rings is 7. The average molecular weight is 601 g/mol. The number of hydrogen-bond acceptors (Lipinski definition) is 2. The van der Waals surface area contributed by atoms with Gasteiger partial charge in [0.2, 0.25) is 0 Å². The first-order valence-corrected chi connectivity index (χ1v) is 16.7. The highest BCUT2D eigenvalue weighted by molar-refractivity contribution is 7.26. The third kappa shape index (κ3) is 3.12. The molecule has 7 aromatic carbocycles. The molecule has 4 heterocycles. The van der Waals surface area contributed by atoms with Crippen LogP contribution in [0.15, 0.2) is 152 Å². The summed E-state index contributed by atoms with van der Waals surface area (Å²) in [7, 11) is 0. The number of hydrogen-bond donors (Lipinski definition) is 0. The molecule has 0 radical (unpaired) electrons. The first kappa shape index (κ1) is 24.7. The van der Waals surface area contributed by atoms with Gasteiger partial charge in [0.05, 0.1) is 11.0 Å². The van der Waals surface area contributed by atoms with Crippen LogP contribution in [0.3, 0.4) is 0 Å². The van der Waals surface area contributed by atoms with E-state index < -0.39 is 0 Å². The van der Waals surface area contributed by atoms with Crippen molar-refractivity contribution in [3.8, 4) is 27.9 Å². The zero-order chi connectivity index (χ0) is 29.9. The quantitative estimate of drug-likeness (QED) is 0.170. The van der Waals surface area contributed by atoms with Crippen molar-refractivity contribution in [1.29, 1.82) is 0 Å². The largest absolute Gasteiger partial charge is 0.375 e. The van der Waals surface area contributed by atoms with Crippen molar-refractivity contribution in [2.45, 2.75) is 0 Å². The molecule has 9 aromatic rings. The zero-order valence-corrected chi connectivity index (χ0v) is 25.6. The summed E-state index contributed by atoms with van der Waals surface area (Å²) in [4.78, 5) is 2.65. The summed E-state index contributed by atoms with van der Waals surface area (Å²) < 4.78 is 5.09. The highest BCUT2D eigenvalue weighted by Crippen LogP contribution is 2.52. The number of fused-ring (bicyclic) bond motifs is 18. The van der Waals surface area contributed by atoms with Crippen molar-refractivity contribution in [2.24, 2.45) is 0 Å². The molecule has 2 nitrogen and oxygen atoms in total. The van der Waals surface area contributed by atoms with Gasteiger partial charge in [-0.2, -0.15) is 0 Å². The fourth-order valence-corrected chi connectivity index (χ4v) is 9.47. The summed E-state index contributed by atoms with van der Waals surface area (Å²) in [5, 5.41) is 5.25. The smallest absolute Gasteiger partial charge is 0.329 e. The lowest BCUT2D eigenvalue weighted by molar-refractivity contribution is 1.18. The van der Waals surface area contributed by atoms with E-state index >= 15 is 0 Å². The molecule has 2 aromatic heterocycles. The number of nitrogens with zero attached hydrogens (tertiary/aromatic N) is 2. The Kier molecular flexibility index (Phi) is 4.83.